The number of carbonyl (C=O) groups is 1. The molecular formula is C21H27ClN4OS. The van der Waals surface area contributed by atoms with Gasteiger partial charge in [-0.1, -0.05) is 6.42 Å². The molecule has 2 atom stereocenters. The van der Waals surface area contributed by atoms with Gasteiger partial charge in [-0.2, -0.15) is 0 Å². The van der Waals surface area contributed by atoms with Gasteiger partial charge in [0.1, 0.15) is 0 Å². The Kier molecular flexibility index (Phi) is 6.96. The molecule has 3 N–H and O–H groups in total. The summed E-state index contributed by atoms with van der Waals surface area (Å²) < 4.78 is 0. The highest BCUT2D eigenvalue weighted by Crippen LogP contribution is 2.42. The fourth-order valence-electron chi connectivity index (χ4n) is 4.52. The number of benzene rings is 1. The van der Waals surface area contributed by atoms with Crippen molar-refractivity contribution in [3.05, 3.63) is 42.2 Å². The fourth-order valence-corrected chi connectivity index (χ4v) is 5.33. The van der Waals surface area contributed by atoms with Crippen molar-refractivity contribution in [2.75, 3.05) is 5.32 Å². The van der Waals surface area contributed by atoms with E-state index in [9.17, 15) is 4.79 Å². The molecule has 2 aliphatic carbocycles. The third-order valence-corrected chi connectivity index (χ3v) is 6.87. The molecule has 1 aromatic heterocycles. The Morgan fingerprint density at radius 1 is 1.18 bits per heavy atom. The highest BCUT2D eigenvalue weighted by molar-refractivity contribution is 7.99. The standard InChI is InChI=1S/C21H26N4OS.ClH/c1-13-10-17(27-21-23-8-3-9-24-21)6-7-18(13)25-20(26)16-11-14-4-2-5-15(12-16)19(14)22;/h3,6-10,14-16,19H,2,4-5,11-12,22H2,1H3,(H,25,26);1H. The number of amides is 1. The van der Waals surface area contributed by atoms with Crippen molar-refractivity contribution < 1.29 is 4.79 Å². The maximum Gasteiger partial charge on any atom is 0.227 e. The Morgan fingerprint density at radius 3 is 2.50 bits per heavy atom. The molecule has 0 aliphatic heterocycles. The van der Waals surface area contributed by atoms with Gasteiger partial charge in [0.05, 0.1) is 0 Å². The summed E-state index contributed by atoms with van der Waals surface area (Å²) in [7, 11) is 0. The average Bonchev–Trinajstić information content (AvgIpc) is 2.64. The van der Waals surface area contributed by atoms with Crippen LogP contribution >= 0.6 is 24.2 Å². The van der Waals surface area contributed by atoms with Crippen LogP contribution in [0, 0.1) is 24.7 Å². The number of nitrogens with two attached hydrogens (primary N) is 1. The van der Waals surface area contributed by atoms with Gasteiger partial charge in [-0.05, 0) is 86.0 Å². The molecule has 4 rings (SSSR count). The van der Waals surface area contributed by atoms with Gasteiger partial charge in [-0.15, -0.1) is 12.4 Å². The molecule has 2 fully saturated rings. The van der Waals surface area contributed by atoms with E-state index < -0.39 is 0 Å². The van der Waals surface area contributed by atoms with Gasteiger partial charge in [0, 0.05) is 34.9 Å². The van der Waals surface area contributed by atoms with E-state index >= 15 is 0 Å². The van der Waals surface area contributed by atoms with Crippen LogP contribution in [-0.2, 0) is 4.79 Å². The zero-order chi connectivity index (χ0) is 18.8. The molecule has 7 heteroatoms. The number of aryl methyl sites for hydroxylation is 1. The van der Waals surface area contributed by atoms with Crippen molar-refractivity contribution >= 4 is 35.8 Å². The lowest BCUT2D eigenvalue weighted by Crippen LogP contribution is -2.48. The first kappa shape index (κ1) is 21.1. The van der Waals surface area contributed by atoms with E-state index in [-0.39, 0.29) is 24.2 Å². The number of hydrogen-bond donors (Lipinski definition) is 2. The van der Waals surface area contributed by atoms with E-state index in [0.29, 0.717) is 17.9 Å². The van der Waals surface area contributed by atoms with E-state index in [0.717, 1.165) is 34.1 Å². The number of nitrogens with one attached hydrogen (secondary N) is 1. The van der Waals surface area contributed by atoms with Gasteiger partial charge < -0.3 is 11.1 Å². The van der Waals surface area contributed by atoms with Crippen LogP contribution in [0.25, 0.3) is 0 Å². The minimum Gasteiger partial charge on any atom is -0.327 e. The number of carbonyl (C=O) groups excluding carboxylic acids is 1. The summed E-state index contributed by atoms with van der Waals surface area (Å²) in [4.78, 5) is 22.4. The fraction of sp³-hybridized carbons (Fsp3) is 0.476. The molecule has 1 amide bonds. The molecule has 0 spiro atoms. The third-order valence-electron chi connectivity index (χ3n) is 5.99. The summed E-state index contributed by atoms with van der Waals surface area (Å²) in [6.07, 6.45) is 8.96. The molecule has 0 saturated heterocycles. The van der Waals surface area contributed by atoms with Gasteiger partial charge in [0.2, 0.25) is 5.91 Å². The molecule has 5 nitrogen and oxygen atoms in total. The summed E-state index contributed by atoms with van der Waals surface area (Å²) in [5.41, 5.74) is 8.30. The quantitative estimate of drug-likeness (QED) is 0.717. The normalized spacial score (nSPS) is 26.2. The van der Waals surface area contributed by atoms with Gasteiger partial charge in [0.15, 0.2) is 5.16 Å². The summed E-state index contributed by atoms with van der Waals surface area (Å²) in [5, 5.41) is 3.88. The van der Waals surface area contributed by atoms with Gasteiger partial charge >= 0.3 is 0 Å². The average molecular weight is 419 g/mol. The second-order valence-corrected chi connectivity index (χ2v) is 8.84. The van der Waals surface area contributed by atoms with E-state index in [1.165, 1.54) is 31.0 Å². The number of anilines is 1. The number of rotatable bonds is 4. The molecule has 0 radical (unpaired) electrons. The Balaban J connectivity index is 0.00000225. The Bertz CT molecular complexity index is 805. The third kappa shape index (κ3) is 4.67. The number of nitrogens with zero attached hydrogens (tertiary/aromatic N) is 2. The van der Waals surface area contributed by atoms with Crippen molar-refractivity contribution in [3.63, 3.8) is 0 Å². The predicted octanol–water partition coefficient (Wildman–Crippen LogP) is 4.45. The highest BCUT2D eigenvalue weighted by atomic mass is 35.5. The largest absolute Gasteiger partial charge is 0.327 e. The topological polar surface area (TPSA) is 80.9 Å². The first-order valence-electron chi connectivity index (χ1n) is 9.72. The minimum absolute atomic E-state index is 0. The molecule has 1 aromatic carbocycles. The Morgan fingerprint density at radius 2 is 1.86 bits per heavy atom. The van der Waals surface area contributed by atoms with Crippen LogP contribution in [0.2, 0.25) is 0 Å². The maximum atomic E-state index is 12.9. The summed E-state index contributed by atoms with van der Waals surface area (Å²) in [6, 6.07) is 8.16. The van der Waals surface area contributed by atoms with Crippen LogP contribution in [-0.4, -0.2) is 21.9 Å². The molecule has 2 aromatic rings. The van der Waals surface area contributed by atoms with Crippen molar-refractivity contribution in [1.29, 1.82) is 0 Å². The monoisotopic (exact) mass is 418 g/mol. The zero-order valence-electron chi connectivity index (χ0n) is 16.0. The molecule has 2 saturated carbocycles. The van der Waals surface area contributed by atoms with Crippen LogP contribution in [0.5, 0.6) is 0 Å². The second-order valence-electron chi connectivity index (χ2n) is 7.80. The molecular weight excluding hydrogens is 392 g/mol. The zero-order valence-corrected chi connectivity index (χ0v) is 17.6. The number of aromatic nitrogens is 2. The SMILES string of the molecule is Cc1cc(Sc2ncccn2)ccc1NC(=O)C1CC2CCCC(C1)C2N.Cl. The van der Waals surface area contributed by atoms with E-state index in [4.69, 9.17) is 5.73 Å². The van der Waals surface area contributed by atoms with Crippen LogP contribution in [0.3, 0.4) is 0 Å². The van der Waals surface area contributed by atoms with Crippen molar-refractivity contribution in [2.45, 2.75) is 55.1 Å². The van der Waals surface area contributed by atoms with Crippen LogP contribution in [0.4, 0.5) is 5.69 Å². The first-order valence-corrected chi connectivity index (χ1v) is 10.5. The lowest BCUT2D eigenvalue weighted by molar-refractivity contribution is -0.122. The van der Waals surface area contributed by atoms with Gasteiger partial charge in [-0.25, -0.2) is 9.97 Å². The molecule has 150 valence electrons. The molecule has 28 heavy (non-hydrogen) atoms. The van der Waals surface area contributed by atoms with E-state index in [1.807, 2.05) is 19.1 Å². The summed E-state index contributed by atoms with van der Waals surface area (Å²) in [5.74, 6) is 1.26. The first-order chi connectivity index (χ1) is 13.1. The van der Waals surface area contributed by atoms with E-state index in [2.05, 4.69) is 21.4 Å². The van der Waals surface area contributed by atoms with E-state index in [1.54, 1.807) is 18.5 Å². The summed E-state index contributed by atoms with van der Waals surface area (Å²) >= 11 is 1.52. The number of halogens is 1. The Labute approximate surface area is 176 Å². The number of hydrogen-bond acceptors (Lipinski definition) is 5. The lowest BCUT2D eigenvalue weighted by Gasteiger charge is -2.43. The molecule has 2 aliphatic rings. The molecule has 2 bridgehead atoms. The van der Waals surface area contributed by atoms with Crippen molar-refractivity contribution in [3.8, 4) is 0 Å². The minimum atomic E-state index is 0. The highest BCUT2D eigenvalue weighted by Gasteiger charge is 2.40. The predicted molar refractivity (Wildman–Crippen MR) is 115 cm³/mol. The second kappa shape index (κ2) is 9.25. The smallest absolute Gasteiger partial charge is 0.227 e. The molecule has 1 heterocycles. The van der Waals surface area contributed by atoms with Gasteiger partial charge in [0.25, 0.3) is 0 Å². The summed E-state index contributed by atoms with van der Waals surface area (Å²) in [6.45, 7) is 2.02. The van der Waals surface area contributed by atoms with Crippen LogP contribution < -0.4 is 11.1 Å². The van der Waals surface area contributed by atoms with Crippen molar-refractivity contribution in [2.24, 2.45) is 23.5 Å². The molecule has 2 unspecified atom stereocenters. The van der Waals surface area contributed by atoms with Crippen LogP contribution in [0.15, 0.2) is 46.7 Å². The lowest BCUT2D eigenvalue weighted by atomic mass is 9.65. The maximum absolute atomic E-state index is 12.9. The van der Waals surface area contributed by atoms with Gasteiger partial charge in [-0.3, -0.25) is 4.79 Å². The Hall–Kier alpha value is -1.63. The van der Waals surface area contributed by atoms with Crippen LogP contribution in [0.1, 0.15) is 37.7 Å². The van der Waals surface area contributed by atoms with Crippen molar-refractivity contribution in [1.82, 2.24) is 9.97 Å². The number of fused-ring (bicyclic) bond motifs is 2.